The van der Waals surface area contributed by atoms with Gasteiger partial charge in [-0.15, -0.1) is 6.58 Å². The summed E-state index contributed by atoms with van der Waals surface area (Å²) in [5, 5.41) is 9.81. The van der Waals surface area contributed by atoms with E-state index in [1.54, 1.807) is 6.08 Å². The highest BCUT2D eigenvalue weighted by atomic mass is 16.6. The predicted molar refractivity (Wildman–Crippen MR) is 57.7 cm³/mol. The first-order chi connectivity index (χ1) is 7.31. The van der Waals surface area contributed by atoms with E-state index in [9.17, 15) is 5.11 Å². The molecule has 0 unspecified atom stereocenters. The van der Waals surface area contributed by atoms with E-state index in [1.807, 2.05) is 0 Å². The first-order valence-corrected chi connectivity index (χ1v) is 5.89. The largest absolute Gasteiger partial charge is 0.390 e. The van der Waals surface area contributed by atoms with Crippen molar-refractivity contribution in [3.05, 3.63) is 12.7 Å². The van der Waals surface area contributed by atoms with Crippen molar-refractivity contribution in [2.45, 2.75) is 56.5 Å². The van der Waals surface area contributed by atoms with Gasteiger partial charge in [-0.3, -0.25) is 0 Å². The lowest BCUT2D eigenvalue weighted by molar-refractivity contribution is -0.0879. The molecule has 0 aliphatic carbocycles. The second-order valence-corrected chi connectivity index (χ2v) is 4.42. The lowest BCUT2D eigenvalue weighted by atomic mass is 10.0. The van der Waals surface area contributed by atoms with Crippen molar-refractivity contribution < 1.29 is 14.6 Å². The summed E-state index contributed by atoms with van der Waals surface area (Å²) in [7, 11) is 0. The van der Waals surface area contributed by atoms with Gasteiger partial charge < -0.3 is 14.6 Å². The van der Waals surface area contributed by atoms with E-state index in [1.165, 1.54) is 0 Å². The predicted octanol–water partition coefficient (Wildman–Crippen LogP) is 1.65. The Kier molecular flexibility index (Phi) is 3.78. The summed E-state index contributed by atoms with van der Waals surface area (Å²) in [6.45, 7) is 4.54. The van der Waals surface area contributed by atoms with E-state index in [0.717, 1.165) is 38.7 Å². The van der Waals surface area contributed by atoms with Gasteiger partial charge in [0, 0.05) is 6.61 Å². The second-order valence-electron chi connectivity index (χ2n) is 4.42. The lowest BCUT2D eigenvalue weighted by Gasteiger charge is -2.24. The van der Waals surface area contributed by atoms with Crippen molar-refractivity contribution in [1.29, 1.82) is 0 Å². The molecule has 2 fully saturated rings. The van der Waals surface area contributed by atoms with Crippen LogP contribution in [0.25, 0.3) is 0 Å². The van der Waals surface area contributed by atoms with Crippen LogP contribution in [0.2, 0.25) is 0 Å². The molecule has 4 atom stereocenters. The molecule has 0 radical (unpaired) electrons. The van der Waals surface area contributed by atoms with Gasteiger partial charge in [0.2, 0.25) is 0 Å². The maximum absolute atomic E-state index is 9.81. The van der Waals surface area contributed by atoms with Gasteiger partial charge in [0.25, 0.3) is 0 Å². The highest BCUT2D eigenvalue weighted by Gasteiger charge is 2.33. The van der Waals surface area contributed by atoms with Crippen LogP contribution in [0.3, 0.4) is 0 Å². The van der Waals surface area contributed by atoms with E-state index >= 15 is 0 Å². The van der Waals surface area contributed by atoms with Gasteiger partial charge in [-0.1, -0.05) is 6.08 Å². The normalized spacial score (nSPS) is 42.5. The number of hydrogen-bond donors (Lipinski definition) is 1. The molecule has 0 bridgehead atoms. The summed E-state index contributed by atoms with van der Waals surface area (Å²) in [5.74, 6) is 0. The van der Waals surface area contributed by atoms with Gasteiger partial charge in [-0.2, -0.15) is 0 Å². The zero-order chi connectivity index (χ0) is 10.7. The topological polar surface area (TPSA) is 38.7 Å². The number of rotatable bonds is 1. The van der Waals surface area contributed by atoms with E-state index in [2.05, 4.69) is 6.58 Å². The van der Waals surface area contributed by atoms with Crippen LogP contribution in [0.5, 0.6) is 0 Å². The average Bonchev–Trinajstić information content (AvgIpc) is 2.53. The van der Waals surface area contributed by atoms with Crippen LogP contribution in [0, 0.1) is 0 Å². The van der Waals surface area contributed by atoms with Crippen LogP contribution in [0.4, 0.5) is 0 Å². The Bertz CT molecular complexity index is 217. The molecule has 0 spiro atoms. The number of ether oxygens (including phenoxy) is 2. The summed E-state index contributed by atoms with van der Waals surface area (Å²) in [6, 6.07) is 0. The Hall–Kier alpha value is -0.380. The molecule has 1 N–H and O–H groups in total. The molecule has 3 nitrogen and oxygen atoms in total. The molecule has 0 aromatic rings. The number of fused-ring (bicyclic) bond motifs is 1. The summed E-state index contributed by atoms with van der Waals surface area (Å²) >= 11 is 0. The first-order valence-electron chi connectivity index (χ1n) is 5.89. The smallest absolute Gasteiger partial charge is 0.102 e. The van der Waals surface area contributed by atoms with Gasteiger partial charge in [-0.25, -0.2) is 0 Å². The molecule has 0 amide bonds. The molecule has 86 valence electrons. The Balaban J connectivity index is 2.04. The average molecular weight is 212 g/mol. The molecular formula is C12H20O3. The SMILES string of the molecule is C=C[C@H]1O[C@H]2CCCCO[C@@H]2CC[C@@H]1O. The zero-order valence-electron chi connectivity index (χ0n) is 9.10. The summed E-state index contributed by atoms with van der Waals surface area (Å²) in [5.41, 5.74) is 0. The van der Waals surface area contributed by atoms with Crippen LogP contribution < -0.4 is 0 Å². The standard InChI is InChI=1S/C12H20O3/c1-2-10-9(13)6-7-11-12(15-10)5-3-4-8-14-11/h2,9-13H,1,3-8H2/t9-,10+,11+,12-/m0/s1. The molecule has 2 rings (SSSR count). The highest BCUT2D eigenvalue weighted by molar-refractivity contribution is 4.92. The lowest BCUT2D eigenvalue weighted by Crippen LogP contribution is -2.32. The zero-order valence-corrected chi connectivity index (χ0v) is 9.10. The molecular weight excluding hydrogens is 192 g/mol. The fraction of sp³-hybridized carbons (Fsp3) is 0.833. The fourth-order valence-electron chi connectivity index (χ4n) is 2.40. The first kappa shape index (κ1) is 11.1. The van der Waals surface area contributed by atoms with Crippen LogP contribution in [0.15, 0.2) is 12.7 Å². The van der Waals surface area contributed by atoms with Gasteiger partial charge in [0.05, 0.1) is 18.3 Å². The molecule has 0 aromatic carbocycles. The number of aliphatic hydroxyl groups excluding tert-OH is 1. The quantitative estimate of drug-likeness (QED) is 0.672. The van der Waals surface area contributed by atoms with Crippen molar-refractivity contribution in [3.63, 3.8) is 0 Å². The molecule has 2 aliphatic rings. The van der Waals surface area contributed by atoms with E-state index in [0.29, 0.717) is 0 Å². The van der Waals surface area contributed by atoms with Crippen molar-refractivity contribution >= 4 is 0 Å². The van der Waals surface area contributed by atoms with Crippen LogP contribution in [-0.2, 0) is 9.47 Å². The van der Waals surface area contributed by atoms with Gasteiger partial charge in [0.1, 0.15) is 6.10 Å². The van der Waals surface area contributed by atoms with Crippen LogP contribution in [-0.4, -0.2) is 36.1 Å². The molecule has 2 saturated heterocycles. The highest BCUT2D eigenvalue weighted by Crippen LogP contribution is 2.27. The molecule has 2 heterocycles. The third kappa shape index (κ3) is 2.60. The Labute approximate surface area is 91.1 Å². The fourth-order valence-corrected chi connectivity index (χ4v) is 2.40. The summed E-state index contributed by atoms with van der Waals surface area (Å²) in [6.07, 6.45) is 6.35. The second kappa shape index (κ2) is 5.10. The van der Waals surface area contributed by atoms with Gasteiger partial charge in [-0.05, 0) is 32.1 Å². The Morgan fingerprint density at radius 2 is 2.00 bits per heavy atom. The van der Waals surface area contributed by atoms with Crippen molar-refractivity contribution in [2.24, 2.45) is 0 Å². The summed E-state index contributed by atoms with van der Waals surface area (Å²) < 4.78 is 11.6. The molecule has 15 heavy (non-hydrogen) atoms. The maximum atomic E-state index is 9.81. The van der Waals surface area contributed by atoms with Crippen LogP contribution >= 0.6 is 0 Å². The number of aliphatic hydroxyl groups is 1. The third-order valence-corrected chi connectivity index (χ3v) is 3.32. The minimum atomic E-state index is -0.418. The van der Waals surface area contributed by atoms with E-state index < -0.39 is 6.10 Å². The minimum Gasteiger partial charge on any atom is -0.390 e. The monoisotopic (exact) mass is 212 g/mol. The van der Waals surface area contributed by atoms with Crippen LogP contribution in [0.1, 0.15) is 32.1 Å². The van der Waals surface area contributed by atoms with Crippen molar-refractivity contribution in [2.75, 3.05) is 6.61 Å². The molecule has 0 saturated carbocycles. The molecule has 3 heteroatoms. The minimum absolute atomic E-state index is 0.146. The van der Waals surface area contributed by atoms with E-state index in [-0.39, 0.29) is 18.3 Å². The van der Waals surface area contributed by atoms with Gasteiger partial charge in [0.15, 0.2) is 0 Å². The third-order valence-electron chi connectivity index (χ3n) is 3.32. The summed E-state index contributed by atoms with van der Waals surface area (Å²) in [4.78, 5) is 0. The van der Waals surface area contributed by atoms with Crippen molar-refractivity contribution in [1.82, 2.24) is 0 Å². The van der Waals surface area contributed by atoms with Gasteiger partial charge >= 0.3 is 0 Å². The molecule has 0 aromatic heterocycles. The van der Waals surface area contributed by atoms with E-state index in [4.69, 9.17) is 9.47 Å². The number of hydrogen-bond acceptors (Lipinski definition) is 3. The Morgan fingerprint density at radius 1 is 1.13 bits per heavy atom. The maximum Gasteiger partial charge on any atom is 0.102 e. The Morgan fingerprint density at radius 3 is 2.80 bits per heavy atom. The molecule has 2 aliphatic heterocycles. The van der Waals surface area contributed by atoms with Crippen molar-refractivity contribution in [3.8, 4) is 0 Å².